The van der Waals surface area contributed by atoms with E-state index in [0.29, 0.717) is 5.56 Å². The fourth-order valence-electron chi connectivity index (χ4n) is 3.02. The van der Waals surface area contributed by atoms with Crippen LogP contribution in [-0.4, -0.2) is 15.5 Å². The first-order valence-electron chi connectivity index (χ1n) is 8.79. The summed E-state index contributed by atoms with van der Waals surface area (Å²) in [6.45, 7) is 3.51. The summed E-state index contributed by atoms with van der Waals surface area (Å²) in [6.07, 6.45) is -3.25. The molecule has 0 aliphatic heterocycles. The predicted octanol–water partition coefficient (Wildman–Crippen LogP) is 4.28. The smallest absolute Gasteiger partial charge is 0.364 e. The van der Waals surface area contributed by atoms with Crippen LogP contribution in [0.5, 0.6) is 0 Å². The Bertz CT molecular complexity index is 1130. The van der Waals surface area contributed by atoms with Crippen molar-refractivity contribution in [1.82, 2.24) is 9.55 Å². The third-order valence-electron chi connectivity index (χ3n) is 4.42. The summed E-state index contributed by atoms with van der Waals surface area (Å²) in [5.74, 6) is -0.806. The Balaban J connectivity index is 2.23. The zero-order valence-corrected chi connectivity index (χ0v) is 15.7. The number of nitrogens with two attached hydrogens (primary N) is 1. The Morgan fingerprint density at radius 3 is 2.34 bits per heavy atom. The van der Waals surface area contributed by atoms with E-state index in [4.69, 9.17) is 5.73 Å². The number of carbonyl (C=O) groups excluding carboxylic acids is 1. The molecule has 5 nitrogen and oxygen atoms in total. The van der Waals surface area contributed by atoms with E-state index in [0.717, 1.165) is 6.07 Å². The Morgan fingerprint density at radius 2 is 1.72 bits per heavy atom. The summed E-state index contributed by atoms with van der Waals surface area (Å²) in [6, 6.07) is 11.0. The second kappa shape index (κ2) is 7.54. The fraction of sp³-hybridized carbons (Fsp3) is 0.190. The number of primary amides is 1. The molecule has 2 N–H and O–H groups in total. The maximum absolute atomic E-state index is 13.4. The minimum absolute atomic E-state index is 0.0166. The Morgan fingerprint density at radius 1 is 1.07 bits per heavy atom. The molecule has 0 atom stereocenters. The molecule has 150 valence electrons. The summed E-state index contributed by atoms with van der Waals surface area (Å²) >= 11 is 0. The number of amides is 1. The quantitative estimate of drug-likeness (QED) is 0.709. The lowest BCUT2D eigenvalue weighted by atomic mass is 9.97. The highest BCUT2D eigenvalue weighted by Crippen LogP contribution is 2.37. The second-order valence-electron chi connectivity index (χ2n) is 6.77. The molecule has 0 unspecified atom stereocenters. The van der Waals surface area contributed by atoms with Gasteiger partial charge in [-0.25, -0.2) is 4.98 Å². The summed E-state index contributed by atoms with van der Waals surface area (Å²) in [5.41, 5.74) is 4.47. The first-order valence-corrected chi connectivity index (χ1v) is 8.79. The number of benzene rings is 2. The molecule has 3 rings (SSSR count). The largest absolute Gasteiger partial charge is 0.417 e. The maximum Gasteiger partial charge on any atom is 0.417 e. The number of hydrogen-bond donors (Lipinski definition) is 1. The molecule has 2 aromatic carbocycles. The van der Waals surface area contributed by atoms with Crippen LogP contribution in [0.3, 0.4) is 0 Å². The molecule has 0 aliphatic carbocycles. The van der Waals surface area contributed by atoms with Gasteiger partial charge in [0.2, 0.25) is 0 Å². The SMILES string of the molecule is CC(C)n1cc(C(N)=O)nc(-c2cccc(-c3ccccc3C(F)(F)F)c2)c1=O. The molecule has 0 radical (unpaired) electrons. The van der Waals surface area contributed by atoms with Gasteiger partial charge in [0.15, 0.2) is 0 Å². The van der Waals surface area contributed by atoms with Gasteiger partial charge in [0.25, 0.3) is 11.5 Å². The zero-order valence-electron chi connectivity index (χ0n) is 15.7. The van der Waals surface area contributed by atoms with Crippen molar-refractivity contribution in [2.45, 2.75) is 26.1 Å². The van der Waals surface area contributed by atoms with E-state index in [1.165, 1.54) is 47.2 Å². The summed E-state index contributed by atoms with van der Waals surface area (Å²) in [7, 11) is 0. The number of aromatic nitrogens is 2. The number of rotatable bonds is 4. The highest BCUT2D eigenvalue weighted by molar-refractivity contribution is 5.91. The van der Waals surface area contributed by atoms with Crippen molar-refractivity contribution < 1.29 is 18.0 Å². The van der Waals surface area contributed by atoms with Crippen LogP contribution in [0.15, 0.2) is 59.5 Å². The van der Waals surface area contributed by atoms with Crippen LogP contribution < -0.4 is 11.3 Å². The lowest BCUT2D eigenvalue weighted by Gasteiger charge is -2.15. The molecule has 8 heteroatoms. The van der Waals surface area contributed by atoms with Crippen molar-refractivity contribution >= 4 is 5.91 Å². The van der Waals surface area contributed by atoms with E-state index in [2.05, 4.69) is 4.98 Å². The molecule has 1 amide bonds. The number of carbonyl (C=O) groups is 1. The molecular weight excluding hydrogens is 383 g/mol. The first-order chi connectivity index (χ1) is 13.6. The van der Waals surface area contributed by atoms with E-state index < -0.39 is 23.2 Å². The normalized spacial score (nSPS) is 11.7. The summed E-state index contributed by atoms with van der Waals surface area (Å²) < 4.78 is 41.5. The number of nitrogens with zero attached hydrogens (tertiary/aromatic N) is 2. The number of halogens is 3. The average Bonchev–Trinajstić information content (AvgIpc) is 2.67. The fourth-order valence-corrected chi connectivity index (χ4v) is 3.02. The average molecular weight is 401 g/mol. The van der Waals surface area contributed by atoms with Crippen molar-refractivity contribution in [2.75, 3.05) is 0 Å². The molecule has 29 heavy (non-hydrogen) atoms. The van der Waals surface area contributed by atoms with E-state index in [1.807, 2.05) is 0 Å². The zero-order chi connectivity index (χ0) is 21.3. The van der Waals surface area contributed by atoms with Gasteiger partial charge >= 0.3 is 6.18 Å². The van der Waals surface area contributed by atoms with Gasteiger partial charge in [0, 0.05) is 17.8 Å². The summed E-state index contributed by atoms with van der Waals surface area (Å²) in [4.78, 5) is 28.5. The number of alkyl halides is 3. The molecule has 0 bridgehead atoms. The predicted molar refractivity (Wildman–Crippen MR) is 103 cm³/mol. The van der Waals surface area contributed by atoms with Gasteiger partial charge in [-0.1, -0.05) is 36.4 Å². The molecule has 1 heterocycles. The highest BCUT2D eigenvalue weighted by atomic mass is 19.4. The van der Waals surface area contributed by atoms with Gasteiger partial charge in [-0.15, -0.1) is 0 Å². The molecule has 1 aromatic heterocycles. The molecule has 0 aliphatic rings. The van der Waals surface area contributed by atoms with Crippen molar-refractivity contribution in [2.24, 2.45) is 5.73 Å². The minimum Gasteiger partial charge on any atom is -0.364 e. The Labute approximate surface area is 164 Å². The molecule has 0 saturated carbocycles. The topological polar surface area (TPSA) is 78.0 Å². The second-order valence-corrected chi connectivity index (χ2v) is 6.77. The van der Waals surface area contributed by atoms with Crippen molar-refractivity contribution in [1.29, 1.82) is 0 Å². The van der Waals surface area contributed by atoms with Crippen LogP contribution in [0.1, 0.15) is 35.9 Å². The van der Waals surface area contributed by atoms with Crippen molar-refractivity contribution in [3.05, 3.63) is 76.3 Å². The Hall–Kier alpha value is -3.42. The monoisotopic (exact) mass is 401 g/mol. The van der Waals surface area contributed by atoms with E-state index in [1.54, 1.807) is 19.9 Å². The molecular formula is C21H18F3N3O2. The van der Waals surface area contributed by atoms with Gasteiger partial charge < -0.3 is 10.3 Å². The van der Waals surface area contributed by atoms with Crippen LogP contribution in [0.4, 0.5) is 13.2 Å². The van der Waals surface area contributed by atoms with Crippen LogP contribution in [0, 0.1) is 0 Å². The molecule has 0 spiro atoms. The van der Waals surface area contributed by atoms with Crippen LogP contribution >= 0.6 is 0 Å². The van der Waals surface area contributed by atoms with Crippen molar-refractivity contribution in [3.63, 3.8) is 0 Å². The standard InChI is InChI=1S/C21H18F3N3O2/c1-12(2)27-11-17(19(25)28)26-18(20(27)29)14-7-5-6-13(10-14)15-8-3-4-9-16(15)21(22,23)24/h3-12H,1-2H3,(H2,25,28). The third kappa shape index (κ3) is 4.06. The maximum atomic E-state index is 13.4. The highest BCUT2D eigenvalue weighted by Gasteiger charge is 2.33. The minimum atomic E-state index is -4.53. The van der Waals surface area contributed by atoms with Gasteiger partial charge in [0.05, 0.1) is 5.56 Å². The van der Waals surface area contributed by atoms with Gasteiger partial charge in [-0.05, 0) is 37.1 Å². The molecule has 3 aromatic rings. The van der Waals surface area contributed by atoms with Gasteiger partial charge in [0.1, 0.15) is 11.4 Å². The first kappa shape index (κ1) is 20.3. The van der Waals surface area contributed by atoms with Crippen molar-refractivity contribution in [3.8, 4) is 22.4 Å². The van der Waals surface area contributed by atoms with Gasteiger partial charge in [-0.3, -0.25) is 9.59 Å². The lowest BCUT2D eigenvalue weighted by Crippen LogP contribution is -2.28. The molecule has 0 saturated heterocycles. The van der Waals surface area contributed by atoms with Gasteiger partial charge in [-0.2, -0.15) is 13.2 Å². The van der Waals surface area contributed by atoms with Crippen LogP contribution in [0.2, 0.25) is 0 Å². The Kier molecular flexibility index (Phi) is 5.28. The van der Waals surface area contributed by atoms with Crippen LogP contribution in [0.25, 0.3) is 22.4 Å². The van der Waals surface area contributed by atoms with E-state index >= 15 is 0 Å². The third-order valence-corrected chi connectivity index (χ3v) is 4.42. The van der Waals surface area contributed by atoms with E-state index in [-0.39, 0.29) is 28.6 Å². The van der Waals surface area contributed by atoms with E-state index in [9.17, 15) is 22.8 Å². The lowest BCUT2D eigenvalue weighted by molar-refractivity contribution is -0.137. The summed E-state index contributed by atoms with van der Waals surface area (Å²) in [5, 5.41) is 0. The molecule has 0 fully saturated rings. The van der Waals surface area contributed by atoms with Crippen LogP contribution in [-0.2, 0) is 6.18 Å². The number of hydrogen-bond acceptors (Lipinski definition) is 3.